The zero-order valence-corrected chi connectivity index (χ0v) is 16.2. The smallest absolute Gasteiger partial charge is 0.248 e. The van der Waals surface area contributed by atoms with Crippen molar-refractivity contribution < 1.29 is 14.3 Å². The number of rotatable bonds is 7. The Morgan fingerprint density at radius 2 is 2.19 bits per heavy atom. The maximum Gasteiger partial charge on any atom is 0.248 e. The summed E-state index contributed by atoms with van der Waals surface area (Å²) in [7, 11) is 5.08. The summed E-state index contributed by atoms with van der Waals surface area (Å²) in [4.78, 5) is 24.0. The van der Waals surface area contributed by atoms with Gasteiger partial charge in [-0.3, -0.25) is 4.79 Å². The van der Waals surface area contributed by atoms with Crippen LogP contribution in [0.3, 0.4) is 0 Å². The molecule has 3 heterocycles. The largest absolute Gasteiger partial charge is 0.481 e. The molecule has 2 aromatic rings. The zero-order valence-electron chi connectivity index (χ0n) is 16.2. The number of hydrogen-bond acceptors (Lipinski definition) is 6. The Labute approximate surface area is 159 Å². The predicted molar refractivity (Wildman–Crippen MR) is 102 cm³/mol. The quantitative estimate of drug-likeness (QED) is 0.684. The summed E-state index contributed by atoms with van der Waals surface area (Å²) in [6.07, 6.45) is 4.52. The van der Waals surface area contributed by atoms with Gasteiger partial charge in [-0.15, -0.1) is 0 Å². The second kappa shape index (κ2) is 8.85. The van der Waals surface area contributed by atoms with E-state index in [1.165, 1.54) is 12.0 Å². The number of aromatic nitrogens is 3. The van der Waals surface area contributed by atoms with Gasteiger partial charge in [-0.05, 0) is 24.5 Å². The predicted octanol–water partition coefficient (Wildman–Crippen LogP) is 1.42. The molecular weight excluding hydrogens is 346 g/mol. The monoisotopic (exact) mass is 373 g/mol. The molecule has 1 atom stereocenters. The van der Waals surface area contributed by atoms with Crippen molar-refractivity contribution in [1.29, 1.82) is 0 Å². The number of fused-ring (bicyclic) bond motifs is 1. The second-order valence-corrected chi connectivity index (χ2v) is 6.95. The van der Waals surface area contributed by atoms with Crippen LogP contribution in [0.1, 0.15) is 12.1 Å². The van der Waals surface area contributed by atoms with Crippen molar-refractivity contribution >= 4 is 11.7 Å². The minimum atomic E-state index is -0.0155. The molecule has 1 aliphatic heterocycles. The van der Waals surface area contributed by atoms with E-state index in [0.29, 0.717) is 18.4 Å². The summed E-state index contributed by atoms with van der Waals surface area (Å²) in [6, 6.07) is 6.07. The standard InChI is InChI=1S/C19H27N5O3/c1-22(2)19(25)13-27-8-6-15-10-23-7-4-5-16(23)12-24(11-15)17-9-18(26-3)21-14-20-17/h4-5,7,9,14-15H,6,8,10-13H2,1-3H3/t15-/m0/s1. The van der Waals surface area contributed by atoms with Crippen LogP contribution in [0, 0.1) is 5.92 Å². The number of likely N-dealkylation sites (N-methyl/N-ethyl adjacent to an activating group) is 1. The molecule has 3 rings (SSSR count). The van der Waals surface area contributed by atoms with Crippen LogP contribution in [0.5, 0.6) is 5.88 Å². The minimum absolute atomic E-state index is 0.0155. The molecule has 8 nitrogen and oxygen atoms in total. The molecule has 2 aromatic heterocycles. The van der Waals surface area contributed by atoms with Crippen molar-refractivity contribution in [3.63, 3.8) is 0 Å². The first-order valence-corrected chi connectivity index (χ1v) is 9.09. The Kier molecular flexibility index (Phi) is 6.28. The van der Waals surface area contributed by atoms with Crippen LogP contribution in [0.15, 0.2) is 30.7 Å². The van der Waals surface area contributed by atoms with E-state index in [2.05, 4.69) is 37.8 Å². The van der Waals surface area contributed by atoms with Gasteiger partial charge in [-0.2, -0.15) is 0 Å². The van der Waals surface area contributed by atoms with Crippen LogP contribution in [-0.2, 0) is 22.6 Å². The lowest BCUT2D eigenvalue weighted by atomic mass is 10.1. The highest BCUT2D eigenvalue weighted by atomic mass is 16.5. The molecule has 146 valence electrons. The molecule has 0 bridgehead atoms. The lowest BCUT2D eigenvalue weighted by Gasteiger charge is -2.25. The summed E-state index contributed by atoms with van der Waals surface area (Å²) < 4.78 is 13.1. The highest BCUT2D eigenvalue weighted by Gasteiger charge is 2.23. The van der Waals surface area contributed by atoms with Gasteiger partial charge >= 0.3 is 0 Å². The summed E-state index contributed by atoms with van der Waals surface area (Å²) in [5, 5.41) is 0. The molecule has 0 unspecified atom stereocenters. The topological polar surface area (TPSA) is 72.7 Å². The Morgan fingerprint density at radius 1 is 1.33 bits per heavy atom. The molecule has 0 fully saturated rings. The third kappa shape index (κ3) is 4.97. The minimum Gasteiger partial charge on any atom is -0.481 e. The first-order valence-electron chi connectivity index (χ1n) is 9.09. The van der Waals surface area contributed by atoms with E-state index in [4.69, 9.17) is 9.47 Å². The fraction of sp³-hybridized carbons (Fsp3) is 0.526. The number of amides is 1. The molecule has 8 heteroatoms. The highest BCUT2D eigenvalue weighted by molar-refractivity contribution is 5.76. The summed E-state index contributed by atoms with van der Waals surface area (Å²) >= 11 is 0. The fourth-order valence-electron chi connectivity index (χ4n) is 3.19. The molecule has 0 saturated heterocycles. The number of hydrogen-bond donors (Lipinski definition) is 0. The zero-order chi connectivity index (χ0) is 19.2. The fourth-order valence-corrected chi connectivity index (χ4v) is 3.19. The Balaban J connectivity index is 1.66. The van der Waals surface area contributed by atoms with Gasteiger partial charge in [0.25, 0.3) is 0 Å². The van der Waals surface area contributed by atoms with Crippen molar-refractivity contribution in [2.75, 3.05) is 45.9 Å². The first kappa shape index (κ1) is 19.2. The second-order valence-electron chi connectivity index (χ2n) is 6.95. The van der Waals surface area contributed by atoms with Crippen molar-refractivity contribution in [2.24, 2.45) is 5.92 Å². The SMILES string of the molecule is COc1cc(N2Cc3cccn3C[C@H](CCOCC(=O)N(C)C)C2)ncn1. The van der Waals surface area contributed by atoms with Gasteiger partial charge < -0.3 is 23.8 Å². The summed E-state index contributed by atoms with van der Waals surface area (Å²) in [6.45, 7) is 3.24. The maximum absolute atomic E-state index is 11.6. The Bertz CT molecular complexity index is 761. The van der Waals surface area contributed by atoms with Gasteiger partial charge in [-0.25, -0.2) is 9.97 Å². The van der Waals surface area contributed by atoms with Crippen LogP contribution in [0.4, 0.5) is 5.82 Å². The molecule has 1 amide bonds. The third-order valence-corrected chi connectivity index (χ3v) is 4.77. The Morgan fingerprint density at radius 3 is 2.96 bits per heavy atom. The molecule has 0 N–H and O–H groups in total. The maximum atomic E-state index is 11.6. The molecule has 0 saturated carbocycles. The van der Waals surface area contributed by atoms with Crippen molar-refractivity contribution in [3.8, 4) is 5.88 Å². The van der Waals surface area contributed by atoms with Crippen molar-refractivity contribution in [1.82, 2.24) is 19.4 Å². The van der Waals surface area contributed by atoms with Gasteiger partial charge in [0.1, 0.15) is 18.8 Å². The number of carbonyl (C=O) groups excluding carboxylic acids is 1. The van der Waals surface area contributed by atoms with E-state index in [9.17, 15) is 4.79 Å². The molecular formula is C19H27N5O3. The van der Waals surface area contributed by atoms with Crippen LogP contribution in [0.25, 0.3) is 0 Å². The first-order chi connectivity index (χ1) is 13.1. The van der Waals surface area contributed by atoms with E-state index in [1.807, 2.05) is 6.07 Å². The molecule has 0 spiro atoms. The van der Waals surface area contributed by atoms with Crippen LogP contribution in [-0.4, -0.2) is 66.3 Å². The third-order valence-electron chi connectivity index (χ3n) is 4.77. The number of carbonyl (C=O) groups is 1. The van der Waals surface area contributed by atoms with E-state index in [-0.39, 0.29) is 12.5 Å². The van der Waals surface area contributed by atoms with Gasteiger partial charge in [0, 0.05) is 51.7 Å². The van der Waals surface area contributed by atoms with E-state index < -0.39 is 0 Å². The van der Waals surface area contributed by atoms with E-state index in [1.54, 1.807) is 26.1 Å². The average molecular weight is 373 g/mol. The van der Waals surface area contributed by atoms with E-state index in [0.717, 1.165) is 31.9 Å². The number of nitrogens with zero attached hydrogens (tertiary/aromatic N) is 5. The van der Waals surface area contributed by atoms with Crippen molar-refractivity contribution in [2.45, 2.75) is 19.5 Å². The normalized spacial score (nSPS) is 16.6. The van der Waals surface area contributed by atoms with Gasteiger partial charge in [0.15, 0.2) is 0 Å². The number of ether oxygens (including phenoxy) is 2. The molecule has 0 aromatic carbocycles. The van der Waals surface area contributed by atoms with E-state index >= 15 is 0 Å². The molecule has 0 aliphatic carbocycles. The summed E-state index contributed by atoms with van der Waals surface area (Å²) in [5.41, 5.74) is 1.25. The molecule has 0 radical (unpaired) electrons. The lowest BCUT2D eigenvalue weighted by molar-refractivity contribution is -0.133. The van der Waals surface area contributed by atoms with Crippen LogP contribution < -0.4 is 9.64 Å². The lowest BCUT2D eigenvalue weighted by Crippen LogP contribution is -2.30. The van der Waals surface area contributed by atoms with Crippen LogP contribution in [0.2, 0.25) is 0 Å². The van der Waals surface area contributed by atoms with Gasteiger partial charge in [-0.1, -0.05) is 0 Å². The average Bonchev–Trinajstić information content (AvgIpc) is 3.03. The number of anilines is 1. The van der Waals surface area contributed by atoms with Crippen molar-refractivity contribution in [3.05, 3.63) is 36.4 Å². The number of methoxy groups -OCH3 is 1. The van der Waals surface area contributed by atoms with Gasteiger partial charge in [0.05, 0.1) is 13.7 Å². The van der Waals surface area contributed by atoms with Crippen LogP contribution >= 0.6 is 0 Å². The summed E-state index contributed by atoms with van der Waals surface area (Å²) in [5.74, 6) is 1.78. The van der Waals surface area contributed by atoms with Gasteiger partial charge in [0.2, 0.25) is 11.8 Å². The molecule has 27 heavy (non-hydrogen) atoms. The molecule has 1 aliphatic rings. The highest BCUT2D eigenvalue weighted by Crippen LogP contribution is 2.25. The Hall–Kier alpha value is -2.61.